The third-order valence-electron chi connectivity index (χ3n) is 11.1. The van der Waals surface area contributed by atoms with E-state index in [2.05, 4.69) is 182 Å². The summed E-state index contributed by atoms with van der Waals surface area (Å²) in [6.07, 6.45) is 0. The van der Waals surface area contributed by atoms with Gasteiger partial charge in [-0.05, 0) is 94.3 Å². The summed E-state index contributed by atoms with van der Waals surface area (Å²) in [6.45, 7) is 0. The SMILES string of the molecule is c1ccc(-c2nc(-c3ccc(-c4ccccc4)c4ccccc34)nc(-c3ccc(-c4c5ccccc5cc5c4ccc4ccccc45)c4ccccc34)n2)cc1. The Morgan fingerprint density at radius 1 is 0.232 bits per heavy atom. The van der Waals surface area contributed by atoms with E-state index in [-0.39, 0.29) is 0 Å². The van der Waals surface area contributed by atoms with Crippen LogP contribution in [0.2, 0.25) is 0 Å². The average Bonchev–Trinajstić information content (AvgIpc) is 3.28. The third-order valence-corrected chi connectivity index (χ3v) is 11.1. The maximum absolute atomic E-state index is 5.32. The highest BCUT2D eigenvalue weighted by molar-refractivity contribution is 6.23. The molecule has 0 unspecified atom stereocenters. The van der Waals surface area contributed by atoms with Gasteiger partial charge in [-0.3, -0.25) is 0 Å². The average molecular weight is 712 g/mol. The molecule has 0 fully saturated rings. The summed E-state index contributed by atoms with van der Waals surface area (Å²) in [4.78, 5) is 15.7. The van der Waals surface area contributed by atoms with Gasteiger partial charge in [-0.2, -0.15) is 0 Å². The summed E-state index contributed by atoms with van der Waals surface area (Å²) < 4.78 is 0. The molecular weight excluding hydrogens is 679 g/mol. The zero-order chi connectivity index (χ0) is 37.0. The molecule has 0 bridgehead atoms. The molecule has 10 aromatic carbocycles. The van der Waals surface area contributed by atoms with Crippen molar-refractivity contribution >= 4 is 53.9 Å². The van der Waals surface area contributed by atoms with E-state index in [1.165, 1.54) is 54.6 Å². The third kappa shape index (κ3) is 5.25. The Labute approximate surface area is 324 Å². The monoisotopic (exact) mass is 711 g/mol. The fourth-order valence-electron chi connectivity index (χ4n) is 8.52. The highest BCUT2D eigenvalue weighted by Gasteiger charge is 2.20. The second-order valence-corrected chi connectivity index (χ2v) is 14.3. The minimum atomic E-state index is 0.640. The van der Waals surface area contributed by atoms with Crippen LogP contribution in [-0.4, -0.2) is 15.0 Å². The summed E-state index contributed by atoms with van der Waals surface area (Å²) in [5, 5.41) is 11.9. The van der Waals surface area contributed by atoms with Crippen LogP contribution in [0.15, 0.2) is 200 Å². The molecule has 11 rings (SSSR count). The Balaban J connectivity index is 1.16. The van der Waals surface area contributed by atoms with Crippen LogP contribution in [0.5, 0.6) is 0 Å². The van der Waals surface area contributed by atoms with Crippen LogP contribution in [0, 0.1) is 0 Å². The molecule has 0 saturated carbocycles. The van der Waals surface area contributed by atoms with E-state index in [0.29, 0.717) is 17.5 Å². The smallest absolute Gasteiger partial charge is 0.164 e. The zero-order valence-electron chi connectivity index (χ0n) is 30.4. The highest BCUT2D eigenvalue weighted by Crippen LogP contribution is 2.44. The minimum absolute atomic E-state index is 0.640. The summed E-state index contributed by atoms with van der Waals surface area (Å²) in [5.74, 6) is 1.92. The summed E-state index contributed by atoms with van der Waals surface area (Å²) in [6, 6.07) is 71.1. The van der Waals surface area contributed by atoms with E-state index in [9.17, 15) is 0 Å². The molecule has 3 heteroatoms. The van der Waals surface area contributed by atoms with Gasteiger partial charge in [0.1, 0.15) is 0 Å². The predicted molar refractivity (Wildman–Crippen MR) is 235 cm³/mol. The molecule has 3 nitrogen and oxygen atoms in total. The number of nitrogens with zero attached hydrogens (tertiary/aromatic N) is 3. The molecule has 1 heterocycles. The van der Waals surface area contributed by atoms with Crippen molar-refractivity contribution in [2.24, 2.45) is 0 Å². The van der Waals surface area contributed by atoms with Crippen LogP contribution < -0.4 is 0 Å². The predicted octanol–water partition coefficient (Wildman–Crippen LogP) is 14.0. The maximum Gasteiger partial charge on any atom is 0.164 e. The largest absolute Gasteiger partial charge is 0.208 e. The number of rotatable bonds is 5. The molecule has 1 aromatic heterocycles. The van der Waals surface area contributed by atoms with Crippen LogP contribution in [0.25, 0.3) is 110 Å². The van der Waals surface area contributed by atoms with Gasteiger partial charge in [-0.25, -0.2) is 15.0 Å². The Bertz CT molecular complexity index is 3300. The van der Waals surface area contributed by atoms with Crippen LogP contribution in [0.4, 0.5) is 0 Å². The standard InChI is InChI=1S/C53H33N3/c1-3-15-34(16-4-1)39-29-31-47(43-25-13-11-23-41(39)43)52-54-51(36-18-5-2-6-19-36)55-53(56-52)48-32-30-45(42-24-12-14-26-44(42)48)50-40-22-10-8-20-37(40)33-49-38-21-9-7-17-35(38)27-28-46(49)50/h1-33H. The topological polar surface area (TPSA) is 38.7 Å². The number of fused-ring (bicyclic) bond motifs is 6. The molecular formula is C53H33N3. The van der Waals surface area contributed by atoms with Gasteiger partial charge in [0.05, 0.1) is 0 Å². The quantitative estimate of drug-likeness (QED) is 0.132. The van der Waals surface area contributed by atoms with Gasteiger partial charge in [-0.1, -0.05) is 182 Å². The summed E-state index contributed by atoms with van der Waals surface area (Å²) in [7, 11) is 0. The van der Waals surface area contributed by atoms with Gasteiger partial charge in [0, 0.05) is 16.7 Å². The van der Waals surface area contributed by atoms with Gasteiger partial charge >= 0.3 is 0 Å². The lowest BCUT2D eigenvalue weighted by Gasteiger charge is -2.17. The van der Waals surface area contributed by atoms with E-state index < -0.39 is 0 Å². The van der Waals surface area contributed by atoms with Crippen molar-refractivity contribution < 1.29 is 0 Å². The van der Waals surface area contributed by atoms with E-state index in [4.69, 9.17) is 15.0 Å². The molecule has 0 N–H and O–H groups in total. The number of hydrogen-bond acceptors (Lipinski definition) is 3. The molecule has 0 atom stereocenters. The number of aromatic nitrogens is 3. The molecule has 0 aliphatic heterocycles. The van der Waals surface area contributed by atoms with Crippen molar-refractivity contribution in [2.45, 2.75) is 0 Å². The molecule has 0 saturated heterocycles. The fourth-order valence-corrected chi connectivity index (χ4v) is 8.52. The van der Waals surface area contributed by atoms with Crippen molar-refractivity contribution in [3.63, 3.8) is 0 Å². The first kappa shape index (κ1) is 32.0. The van der Waals surface area contributed by atoms with E-state index in [1.54, 1.807) is 0 Å². The molecule has 0 aliphatic carbocycles. The lowest BCUT2D eigenvalue weighted by molar-refractivity contribution is 1.08. The lowest BCUT2D eigenvalue weighted by Crippen LogP contribution is -2.01. The molecule has 260 valence electrons. The fraction of sp³-hybridized carbons (Fsp3) is 0. The first-order valence-corrected chi connectivity index (χ1v) is 19.0. The summed E-state index contributed by atoms with van der Waals surface area (Å²) >= 11 is 0. The highest BCUT2D eigenvalue weighted by atomic mass is 15.0. The zero-order valence-corrected chi connectivity index (χ0v) is 30.4. The van der Waals surface area contributed by atoms with Crippen molar-refractivity contribution in [1.29, 1.82) is 0 Å². The molecule has 0 aliphatic rings. The van der Waals surface area contributed by atoms with E-state index in [1.807, 2.05) is 18.2 Å². The lowest BCUT2D eigenvalue weighted by atomic mass is 9.87. The van der Waals surface area contributed by atoms with Gasteiger partial charge in [0.15, 0.2) is 17.5 Å². The van der Waals surface area contributed by atoms with Crippen molar-refractivity contribution in [3.8, 4) is 56.4 Å². The van der Waals surface area contributed by atoms with Crippen LogP contribution in [0.3, 0.4) is 0 Å². The van der Waals surface area contributed by atoms with Gasteiger partial charge in [-0.15, -0.1) is 0 Å². The Hall–Kier alpha value is -7.49. The van der Waals surface area contributed by atoms with Crippen molar-refractivity contribution in [2.75, 3.05) is 0 Å². The normalized spacial score (nSPS) is 11.6. The van der Waals surface area contributed by atoms with Gasteiger partial charge in [0.25, 0.3) is 0 Å². The molecule has 11 aromatic rings. The minimum Gasteiger partial charge on any atom is -0.208 e. The molecule has 0 amide bonds. The second kappa shape index (κ2) is 13.1. The Morgan fingerprint density at radius 3 is 1.32 bits per heavy atom. The van der Waals surface area contributed by atoms with Crippen LogP contribution >= 0.6 is 0 Å². The molecule has 0 radical (unpaired) electrons. The molecule has 56 heavy (non-hydrogen) atoms. The number of hydrogen-bond donors (Lipinski definition) is 0. The van der Waals surface area contributed by atoms with Crippen LogP contribution in [-0.2, 0) is 0 Å². The Morgan fingerprint density at radius 2 is 0.679 bits per heavy atom. The maximum atomic E-state index is 5.32. The second-order valence-electron chi connectivity index (χ2n) is 14.3. The summed E-state index contributed by atoms with van der Waals surface area (Å²) in [5.41, 5.74) is 7.65. The first-order valence-electron chi connectivity index (χ1n) is 19.0. The first-order chi connectivity index (χ1) is 27.8. The van der Waals surface area contributed by atoms with Crippen molar-refractivity contribution in [3.05, 3.63) is 200 Å². The Kier molecular flexibility index (Phi) is 7.49. The van der Waals surface area contributed by atoms with Gasteiger partial charge in [0.2, 0.25) is 0 Å². The molecule has 0 spiro atoms. The van der Waals surface area contributed by atoms with E-state index >= 15 is 0 Å². The van der Waals surface area contributed by atoms with Crippen molar-refractivity contribution in [1.82, 2.24) is 15.0 Å². The van der Waals surface area contributed by atoms with Crippen LogP contribution in [0.1, 0.15) is 0 Å². The van der Waals surface area contributed by atoms with Gasteiger partial charge < -0.3 is 0 Å². The number of benzene rings is 10. The van der Waals surface area contributed by atoms with E-state index in [0.717, 1.165) is 38.2 Å².